The monoisotopic (exact) mass is 264 g/mol. The number of rotatable bonds is 3. The molecule has 0 fully saturated rings. The Morgan fingerprint density at radius 2 is 2.11 bits per heavy atom. The number of benzene rings is 2. The number of halogens is 1. The predicted molar refractivity (Wildman–Crippen MR) is 71.4 cm³/mol. The molecule has 4 heteroatoms. The molecule has 2 nitrogen and oxygen atoms in total. The highest BCUT2D eigenvalue weighted by Crippen LogP contribution is 2.31. The second-order valence-electron chi connectivity index (χ2n) is 3.88. The summed E-state index contributed by atoms with van der Waals surface area (Å²) >= 11 is 1.55. The summed E-state index contributed by atoms with van der Waals surface area (Å²) in [6.07, 6.45) is 2.18. The lowest BCUT2D eigenvalue weighted by Gasteiger charge is -2.10. The Balaban J connectivity index is 2.55. The van der Waals surface area contributed by atoms with Crippen molar-refractivity contribution in [3.63, 3.8) is 0 Å². The van der Waals surface area contributed by atoms with Crippen LogP contribution in [0.3, 0.4) is 0 Å². The third-order valence-electron chi connectivity index (χ3n) is 2.78. The van der Waals surface area contributed by atoms with Crippen LogP contribution in [0, 0.1) is 5.82 Å². The van der Waals surface area contributed by atoms with Crippen LogP contribution in [0.2, 0.25) is 0 Å². The number of carbonyl (C=O) groups excluding carboxylic acids is 1. The van der Waals surface area contributed by atoms with Crippen LogP contribution in [0.4, 0.5) is 4.39 Å². The van der Waals surface area contributed by atoms with Crippen molar-refractivity contribution in [2.45, 2.75) is 11.3 Å². The first-order chi connectivity index (χ1) is 8.65. The lowest BCUT2D eigenvalue weighted by Crippen LogP contribution is -2.05. The number of ether oxygens (including phenoxy) is 1. The maximum Gasteiger partial charge on any atom is 0.310 e. The van der Waals surface area contributed by atoms with Gasteiger partial charge in [0.1, 0.15) is 5.82 Å². The molecule has 0 heterocycles. The Morgan fingerprint density at radius 1 is 1.33 bits per heavy atom. The van der Waals surface area contributed by atoms with E-state index in [0.717, 1.165) is 21.2 Å². The molecule has 0 aliphatic carbocycles. The molecule has 0 saturated heterocycles. The topological polar surface area (TPSA) is 26.3 Å². The van der Waals surface area contributed by atoms with Gasteiger partial charge in [-0.05, 0) is 34.7 Å². The molecular formula is C14H13FO2S. The summed E-state index contributed by atoms with van der Waals surface area (Å²) in [6, 6.07) is 8.36. The van der Waals surface area contributed by atoms with Gasteiger partial charge in [-0.2, -0.15) is 0 Å². The third-order valence-corrected chi connectivity index (χ3v) is 3.67. The van der Waals surface area contributed by atoms with Crippen LogP contribution in [-0.4, -0.2) is 19.3 Å². The molecule has 0 unspecified atom stereocenters. The Hall–Kier alpha value is -1.55. The quantitative estimate of drug-likeness (QED) is 0.627. The van der Waals surface area contributed by atoms with Crippen LogP contribution in [0.1, 0.15) is 5.56 Å². The summed E-state index contributed by atoms with van der Waals surface area (Å²) < 4.78 is 17.8. The smallest absolute Gasteiger partial charge is 0.310 e. The van der Waals surface area contributed by atoms with Crippen molar-refractivity contribution < 1.29 is 13.9 Å². The maximum absolute atomic E-state index is 13.2. The van der Waals surface area contributed by atoms with Gasteiger partial charge in [0, 0.05) is 4.90 Å². The van der Waals surface area contributed by atoms with E-state index >= 15 is 0 Å². The number of hydrogen-bond acceptors (Lipinski definition) is 3. The lowest BCUT2D eigenvalue weighted by atomic mass is 10.0. The van der Waals surface area contributed by atoms with Crippen molar-refractivity contribution in [2.24, 2.45) is 0 Å². The molecule has 0 atom stereocenters. The number of hydrogen-bond donors (Lipinski definition) is 0. The molecule has 18 heavy (non-hydrogen) atoms. The molecule has 0 bridgehead atoms. The molecule has 0 amide bonds. The highest BCUT2D eigenvalue weighted by Gasteiger charge is 2.11. The van der Waals surface area contributed by atoms with Gasteiger partial charge in [0.05, 0.1) is 13.5 Å². The van der Waals surface area contributed by atoms with Crippen LogP contribution < -0.4 is 0 Å². The van der Waals surface area contributed by atoms with Crippen LogP contribution in [0.5, 0.6) is 0 Å². The molecule has 94 valence electrons. The van der Waals surface area contributed by atoms with Gasteiger partial charge in [-0.1, -0.05) is 18.2 Å². The summed E-state index contributed by atoms with van der Waals surface area (Å²) in [5, 5.41) is 1.80. The second kappa shape index (κ2) is 5.40. The highest BCUT2D eigenvalue weighted by atomic mass is 32.2. The molecule has 2 aromatic carbocycles. The van der Waals surface area contributed by atoms with Crippen LogP contribution in [0.25, 0.3) is 10.8 Å². The Labute approximate surface area is 109 Å². The fraction of sp³-hybridized carbons (Fsp3) is 0.214. The number of carbonyl (C=O) groups is 1. The SMILES string of the molecule is COC(=O)Cc1ccc2cc(F)ccc2c1SC. The van der Waals surface area contributed by atoms with Crippen molar-refractivity contribution >= 4 is 28.5 Å². The summed E-state index contributed by atoms with van der Waals surface area (Å²) in [7, 11) is 1.37. The zero-order valence-electron chi connectivity index (χ0n) is 10.2. The fourth-order valence-electron chi connectivity index (χ4n) is 1.93. The van der Waals surface area contributed by atoms with Crippen LogP contribution in [0.15, 0.2) is 35.2 Å². The highest BCUT2D eigenvalue weighted by molar-refractivity contribution is 7.98. The van der Waals surface area contributed by atoms with E-state index in [4.69, 9.17) is 0 Å². The minimum absolute atomic E-state index is 0.236. The number of fused-ring (bicyclic) bond motifs is 1. The summed E-state index contributed by atoms with van der Waals surface area (Å²) in [5.74, 6) is -0.526. The molecule has 0 aliphatic heterocycles. The van der Waals surface area contributed by atoms with Gasteiger partial charge in [-0.3, -0.25) is 4.79 Å². The fourth-order valence-corrected chi connectivity index (χ4v) is 2.73. The molecule has 0 aliphatic rings. The summed E-state index contributed by atoms with van der Waals surface area (Å²) in [5.41, 5.74) is 0.911. The molecule has 0 radical (unpaired) electrons. The van der Waals surface area contributed by atoms with E-state index in [9.17, 15) is 9.18 Å². The minimum atomic E-state index is -0.272. The van der Waals surface area contributed by atoms with Gasteiger partial charge in [-0.25, -0.2) is 4.39 Å². The van der Waals surface area contributed by atoms with Gasteiger partial charge in [0.15, 0.2) is 0 Å². The molecule has 0 spiro atoms. The van der Waals surface area contributed by atoms with E-state index in [1.54, 1.807) is 17.8 Å². The lowest BCUT2D eigenvalue weighted by molar-refractivity contribution is -0.139. The number of esters is 1. The van der Waals surface area contributed by atoms with Gasteiger partial charge in [0.2, 0.25) is 0 Å². The van der Waals surface area contributed by atoms with Gasteiger partial charge in [0.25, 0.3) is 0 Å². The van der Waals surface area contributed by atoms with Crippen molar-refractivity contribution in [1.82, 2.24) is 0 Å². The largest absolute Gasteiger partial charge is 0.469 e. The average Bonchev–Trinajstić information content (AvgIpc) is 2.38. The summed E-state index contributed by atoms with van der Waals surface area (Å²) in [6.45, 7) is 0. The Morgan fingerprint density at radius 3 is 2.78 bits per heavy atom. The molecule has 2 rings (SSSR count). The van der Waals surface area contributed by atoms with Crippen LogP contribution in [-0.2, 0) is 16.0 Å². The van der Waals surface area contributed by atoms with E-state index in [0.29, 0.717) is 0 Å². The molecule has 0 saturated carbocycles. The van der Waals surface area contributed by atoms with Gasteiger partial charge >= 0.3 is 5.97 Å². The first-order valence-electron chi connectivity index (χ1n) is 5.47. The third kappa shape index (κ3) is 2.48. The first-order valence-corrected chi connectivity index (χ1v) is 6.70. The minimum Gasteiger partial charge on any atom is -0.469 e. The van der Waals surface area contributed by atoms with Crippen molar-refractivity contribution in [1.29, 1.82) is 0 Å². The van der Waals surface area contributed by atoms with Crippen molar-refractivity contribution in [3.8, 4) is 0 Å². The van der Waals surface area contributed by atoms with Gasteiger partial charge in [-0.15, -0.1) is 11.8 Å². The van der Waals surface area contributed by atoms with E-state index in [1.165, 1.54) is 19.2 Å². The first kappa shape index (κ1) is 12.9. The van der Waals surface area contributed by atoms with Crippen molar-refractivity contribution in [3.05, 3.63) is 41.7 Å². The van der Waals surface area contributed by atoms with Gasteiger partial charge < -0.3 is 4.74 Å². The molecule has 2 aromatic rings. The van der Waals surface area contributed by atoms with Crippen molar-refractivity contribution in [2.75, 3.05) is 13.4 Å². The number of methoxy groups -OCH3 is 1. The molecule has 0 aromatic heterocycles. The normalized spacial score (nSPS) is 10.6. The standard InChI is InChI=1S/C14H13FO2S/c1-17-13(16)8-10-4-3-9-7-11(15)5-6-12(9)14(10)18-2/h3-7H,8H2,1-2H3. The molecular weight excluding hydrogens is 251 g/mol. The molecule has 0 N–H and O–H groups in total. The zero-order chi connectivity index (χ0) is 13.1. The Kier molecular flexibility index (Phi) is 3.87. The van der Waals surface area contributed by atoms with E-state index in [1.807, 2.05) is 18.4 Å². The summed E-state index contributed by atoms with van der Waals surface area (Å²) in [4.78, 5) is 12.3. The number of thioether (sulfide) groups is 1. The second-order valence-corrected chi connectivity index (χ2v) is 4.69. The van der Waals surface area contributed by atoms with E-state index in [-0.39, 0.29) is 18.2 Å². The van der Waals surface area contributed by atoms with E-state index < -0.39 is 0 Å². The van der Waals surface area contributed by atoms with E-state index in [2.05, 4.69) is 4.74 Å². The maximum atomic E-state index is 13.2. The average molecular weight is 264 g/mol. The zero-order valence-corrected chi connectivity index (χ0v) is 11.0. The van der Waals surface area contributed by atoms with Crippen LogP contribution >= 0.6 is 11.8 Å². The predicted octanol–water partition coefficient (Wildman–Crippen LogP) is 3.42. The Bertz CT molecular complexity index is 596.